The van der Waals surface area contributed by atoms with Crippen LogP contribution in [0.4, 0.5) is 0 Å². The second-order valence-corrected chi connectivity index (χ2v) is 4.46. The van der Waals surface area contributed by atoms with Gasteiger partial charge in [0.15, 0.2) is 12.6 Å². The predicted molar refractivity (Wildman–Crippen MR) is 74.4 cm³/mol. The minimum atomic E-state index is -0.322. The van der Waals surface area contributed by atoms with Crippen molar-refractivity contribution in [1.29, 1.82) is 0 Å². The Kier molecular flexibility index (Phi) is 4.15. The summed E-state index contributed by atoms with van der Waals surface area (Å²) in [6.45, 7) is 2.32. The van der Waals surface area contributed by atoms with E-state index in [-0.39, 0.29) is 16.9 Å². The maximum Gasteiger partial charge on any atom is 0.153 e. The molecular weight excluding hydrogens is 256 g/mol. The zero-order valence-electron chi connectivity index (χ0n) is 11.0. The minimum Gasteiger partial charge on any atom is -0.506 e. The predicted octanol–water partition coefficient (Wildman–Crippen LogP) is 2.90. The lowest BCUT2D eigenvalue weighted by atomic mass is 10.1. The van der Waals surface area contributed by atoms with Crippen molar-refractivity contribution in [3.63, 3.8) is 0 Å². The SMILES string of the molecule is Cc1ccc(COc2cc(C=O)c(O)c(C=O)c2)cc1. The molecule has 102 valence electrons. The van der Waals surface area contributed by atoms with Crippen molar-refractivity contribution < 1.29 is 19.4 Å². The topological polar surface area (TPSA) is 63.6 Å². The van der Waals surface area contributed by atoms with Crippen molar-refractivity contribution in [1.82, 2.24) is 0 Å². The summed E-state index contributed by atoms with van der Waals surface area (Å²) in [6.07, 6.45) is 0.974. The molecule has 0 spiro atoms. The number of phenolic OH excluding ortho intramolecular Hbond substituents is 1. The molecule has 4 nitrogen and oxygen atoms in total. The average molecular weight is 270 g/mol. The Balaban J connectivity index is 2.19. The van der Waals surface area contributed by atoms with Gasteiger partial charge in [-0.1, -0.05) is 29.8 Å². The number of hydrogen-bond acceptors (Lipinski definition) is 4. The number of rotatable bonds is 5. The van der Waals surface area contributed by atoms with Crippen LogP contribution in [0.15, 0.2) is 36.4 Å². The van der Waals surface area contributed by atoms with E-state index in [2.05, 4.69) is 0 Å². The lowest BCUT2D eigenvalue weighted by molar-refractivity contribution is 0.111. The maximum atomic E-state index is 10.8. The van der Waals surface area contributed by atoms with Crippen LogP contribution >= 0.6 is 0 Å². The van der Waals surface area contributed by atoms with Crippen LogP contribution in [0.2, 0.25) is 0 Å². The van der Waals surface area contributed by atoms with Gasteiger partial charge in [0.25, 0.3) is 0 Å². The summed E-state index contributed by atoms with van der Waals surface area (Å²) in [5.74, 6) is 0.0465. The van der Waals surface area contributed by atoms with Gasteiger partial charge in [0.2, 0.25) is 0 Å². The van der Waals surface area contributed by atoms with Crippen molar-refractivity contribution in [3.8, 4) is 11.5 Å². The van der Waals surface area contributed by atoms with Gasteiger partial charge in [0, 0.05) is 0 Å². The Bertz CT molecular complexity index is 600. The number of aldehydes is 2. The number of aryl methyl sites for hydroxylation is 1. The van der Waals surface area contributed by atoms with Crippen LogP contribution < -0.4 is 4.74 Å². The van der Waals surface area contributed by atoms with Gasteiger partial charge >= 0.3 is 0 Å². The third-order valence-electron chi connectivity index (χ3n) is 2.92. The van der Waals surface area contributed by atoms with Crippen LogP contribution in [0.25, 0.3) is 0 Å². The van der Waals surface area contributed by atoms with Crippen molar-refractivity contribution >= 4 is 12.6 Å². The minimum absolute atomic E-state index is 0.0357. The van der Waals surface area contributed by atoms with Gasteiger partial charge in [-0.15, -0.1) is 0 Å². The summed E-state index contributed by atoms with van der Waals surface area (Å²) in [7, 11) is 0. The summed E-state index contributed by atoms with van der Waals surface area (Å²) < 4.78 is 5.54. The molecule has 2 rings (SSSR count). The molecule has 0 fully saturated rings. The molecule has 2 aromatic rings. The van der Waals surface area contributed by atoms with Crippen LogP contribution in [0.5, 0.6) is 11.5 Å². The number of benzene rings is 2. The zero-order chi connectivity index (χ0) is 14.5. The molecule has 2 aromatic carbocycles. The van der Waals surface area contributed by atoms with Gasteiger partial charge in [0.05, 0.1) is 11.1 Å². The Morgan fingerprint density at radius 3 is 2.10 bits per heavy atom. The van der Waals surface area contributed by atoms with Crippen LogP contribution in [0.1, 0.15) is 31.8 Å². The molecule has 0 saturated carbocycles. The first-order chi connectivity index (χ1) is 9.63. The van der Waals surface area contributed by atoms with Crippen molar-refractivity contribution in [2.45, 2.75) is 13.5 Å². The van der Waals surface area contributed by atoms with Gasteiger partial charge < -0.3 is 9.84 Å². The van der Waals surface area contributed by atoms with E-state index in [1.54, 1.807) is 0 Å². The second kappa shape index (κ2) is 6.02. The zero-order valence-corrected chi connectivity index (χ0v) is 11.0. The molecule has 0 bridgehead atoms. The summed E-state index contributed by atoms with van der Waals surface area (Å²) in [4.78, 5) is 21.7. The lowest BCUT2D eigenvalue weighted by Gasteiger charge is -2.09. The van der Waals surface area contributed by atoms with E-state index in [4.69, 9.17) is 4.74 Å². The van der Waals surface area contributed by atoms with Gasteiger partial charge in [-0.3, -0.25) is 9.59 Å². The molecule has 0 amide bonds. The summed E-state index contributed by atoms with van der Waals surface area (Å²) in [5.41, 5.74) is 2.20. The van der Waals surface area contributed by atoms with E-state index in [0.717, 1.165) is 11.1 Å². The quantitative estimate of drug-likeness (QED) is 0.848. The highest BCUT2D eigenvalue weighted by Gasteiger charge is 2.09. The number of ether oxygens (including phenoxy) is 1. The third kappa shape index (κ3) is 3.03. The highest BCUT2D eigenvalue weighted by molar-refractivity contribution is 5.89. The van der Waals surface area contributed by atoms with E-state index in [9.17, 15) is 14.7 Å². The van der Waals surface area contributed by atoms with E-state index in [1.165, 1.54) is 12.1 Å². The van der Waals surface area contributed by atoms with Gasteiger partial charge in [-0.2, -0.15) is 0 Å². The van der Waals surface area contributed by atoms with E-state index in [0.29, 0.717) is 24.9 Å². The molecule has 4 heteroatoms. The molecule has 0 unspecified atom stereocenters. The largest absolute Gasteiger partial charge is 0.506 e. The van der Waals surface area contributed by atoms with Crippen LogP contribution in [0.3, 0.4) is 0 Å². The van der Waals surface area contributed by atoms with Crippen molar-refractivity contribution in [3.05, 3.63) is 58.7 Å². The molecular formula is C16H14O4. The highest BCUT2D eigenvalue weighted by atomic mass is 16.5. The first-order valence-electron chi connectivity index (χ1n) is 6.09. The maximum absolute atomic E-state index is 10.8. The normalized spacial score (nSPS) is 10.1. The molecule has 0 aliphatic carbocycles. The fourth-order valence-corrected chi connectivity index (χ4v) is 1.77. The number of hydrogen-bond donors (Lipinski definition) is 1. The number of carbonyl (C=O) groups is 2. The molecule has 0 saturated heterocycles. The first kappa shape index (κ1) is 13.8. The average Bonchev–Trinajstić information content (AvgIpc) is 2.47. The fraction of sp³-hybridized carbons (Fsp3) is 0.125. The number of aromatic hydroxyl groups is 1. The number of phenols is 1. The molecule has 20 heavy (non-hydrogen) atoms. The second-order valence-electron chi connectivity index (χ2n) is 4.46. The molecule has 0 atom stereocenters. The van der Waals surface area contributed by atoms with Gasteiger partial charge in [-0.05, 0) is 24.6 Å². The van der Waals surface area contributed by atoms with E-state index < -0.39 is 0 Å². The molecule has 0 heterocycles. The van der Waals surface area contributed by atoms with Crippen LogP contribution in [0, 0.1) is 6.92 Å². The first-order valence-corrected chi connectivity index (χ1v) is 6.09. The number of carbonyl (C=O) groups excluding carboxylic acids is 2. The highest BCUT2D eigenvalue weighted by Crippen LogP contribution is 2.26. The van der Waals surface area contributed by atoms with Crippen molar-refractivity contribution in [2.24, 2.45) is 0 Å². The third-order valence-corrected chi connectivity index (χ3v) is 2.92. The summed E-state index contributed by atoms with van der Waals surface area (Å²) >= 11 is 0. The molecule has 0 aliphatic rings. The van der Waals surface area contributed by atoms with Crippen LogP contribution in [-0.4, -0.2) is 17.7 Å². The van der Waals surface area contributed by atoms with Gasteiger partial charge in [-0.25, -0.2) is 0 Å². The fourth-order valence-electron chi connectivity index (χ4n) is 1.77. The van der Waals surface area contributed by atoms with Gasteiger partial charge in [0.1, 0.15) is 18.1 Å². The summed E-state index contributed by atoms with van der Waals surface area (Å²) in [5, 5.41) is 9.61. The van der Waals surface area contributed by atoms with Crippen molar-refractivity contribution in [2.75, 3.05) is 0 Å². The monoisotopic (exact) mass is 270 g/mol. The molecule has 0 aliphatic heterocycles. The Hall–Kier alpha value is -2.62. The Morgan fingerprint density at radius 2 is 1.60 bits per heavy atom. The smallest absolute Gasteiger partial charge is 0.153 e. The van der Waals surface area contributed by atoms with E-state index in [1.807, 2.05) is 31.2 Å². The standard InChI is InChI=1S/C16H14O4/c1-11-2-4-12(5-3-11)10-20-15-6-13(8-17)16(19)14(7-15)9-18/h2-9,19H,10H2,1H3. The van der Waals surface area contributed by atoms with Crippen LogP contribution in [-0.2, 0) is 6.61 Å². The molecule has 0 aromatic heterocycles. The summed E-state index contributed by atoms with van der Waals surface area (Å²) in [6, 6.07) is 10.6. The van der Waals surface area contributed by atoms with E-state index >= 15 is 0 Å². The Labute approximate surface area is 116 Å². The molecule has 1 N–H and O–H groups in total. The Morgan fingerprint density at radius 1 is 1.05 bits per heavy atom. The molecule has 0 radical (unpaired) electrons. The lowest BCUT2D eigenvalue weighted by Crippen LogP contribution is -1.98.